The van der Waals surface area contributed by atoms with Crippen LogP contribution < -0.4 is 10.2 Å². The lowest BCUT2D eigenvalue weighted by molar-refractivity contribution is -0.120. The van der Waals surface area contributed by atoms with E-state index >= 15 is 0 Å². The number of hydrogen-bond donors (Lipinski definition) is 3. The predicted molar refractivity (Wildman–Crippen MR) is 104 cm³/mol. The first-order valence-corrected chi connectivity index (χ1v) is 8.82. The van der Waals surface area contributed by atoms with Gasteiger partial charge in [-0.3, -0.25) is 4.79 Å². The minimum atomic E-state index is -0.155. The Balaban J connectivity index is 1.92. The van der Waals surface area contributed by atoms with Crippen molar-refractivity contribution in [2.45, 2.75) is 18.8 Å². The normalized spacial score (nSPS) is 10.8. The summed E-state index contributed by atoms with van der Waals surface area (Å²) in [6.45, 7) is 0.487. The van der Waals surface area contributed by atoms with Crippen molar-refractivity contribution in [1.29, 1.82) is 0 Å². The number of nitrogens with zero attached hydrogens (tertiary/aromatic N) is 1. The highest BCUT2D eigenvalue weighted by molar-refractivity contribution is 7.80. The summed E-state index contributed by atoms with van der Waals surface area (Å²) >= 11 is 8.28. The SMILES string of the molecule is O=C(CCS)N/N=C/c1cccc(OCc2cccc(CS)c2)c1. The summed E-state index contributed by atoms with van der Waals surface area (Å²) in [5.41, 5.74) is 5.57. The topological polar surface area (TPSA) is 50.7 Å². The number of benzene rings is 2. The van der Waals surface area contributed by atoms with Crippen molar-refractivity contribution in [3.05, 3.63) is 65.2 Å². The molecule has 0 aromatic heterocycles. The van der Waals surface area contributed by atoms with Crippen molar-refractivity contribution < 1.29 is 9.53 Å². The van der Waals surface area contributed by atoms with Gasteiger partial charge >= 0.3 is 0 Å². The maximum absolute atomic E-state index is 11.3. The fourth-order valence-electron chi connectivity index (χ4n) is 2.01. The number of ether oxygens (including phenoxy) is 1. The quantitative estimate of drug-likeness (QED) is 0.384. The molecule has 1 N–H and O–H groups in total. The lowest BCUT2D eigenvalue weighted by Gasteiger charge is -2.08. The average molecular weight is 361 g/mol. The summed E-state index contributed by atoms with van der Waals surface area (Å²) in [6, 6.07) is 15.7. The molecule has 126 valence electrons. The number of hydrogen-bond acceptors (Lipinski definition) is 5. The molecule has 24 heavy (non-hydrogen) atoms. The Morgan fingerprint density at radius 2 is 1.92 bits per heavy atom. The molecule has 0 unspecified atom stereocenters. The van der Waals surface area contributed by atoms with Crippen molar-refractivity contribution in [2.24, 2.45) is 5.10 Å². The van der Waals surface area contributed by atoms with Crippen LogP contribution in [0.1, 0.15) is 23.1 Å². The van der Waals surface area contributed by atoms with Crippen molar-refractivity contribution in [1.82, 2.24) is 5.43 Å². The lowest BCUT2D eigenvalue weighted by Crippen LogP contribution is -2.17. The zero-order chi connectivity index (χ0) is 17.2. The van der Waals surface area contributed by atoms with E-state index < -0.39 is 0 Å². The molecule has 0 aliphatic rings. The molecule has 6 heteroatoms. The maximum Gasteiger partial charge on any atom is 0.240 e. The molecule has 0 heterocycles. The van der Waals surface area contributed by atoms with Crippen molar-refractivity contribution in [3.8, 4) is 5.75 Å². The Morgan fingerprint density at radius 1 is 1.12 bits per heavy atom. The van der Waals surface area contributed by atoms with Crippen LogP contribution in [0.5, 0.6) is 5.75 Å². The van der Waals surface area contributed by atoms with Crippen molar-refractivity contribution in [2.75, 3.05) is 5.75 Å². The summed E-state index contributed by atoms with van der Waals surface area (Å²) < 4.78 is 5.81. The molecule has 0 saturated carbocycles. The zero-order valence-electron chi connectivity index (χ0n) is 13.2. The van der Waals surface area contributed by atoms with E-state index in [2.05, 4.69) is 41.9 Å². The highest BCUT2D eigenvalue weighted by Gasteiger charge is 1.99. The Bertz CT molecular complexity index is 705. The molecule has 2 rings (SSSR count). The number of amides is 1. The molecule has 0 bridgehead atoms. The van der Waals surface area contributed by atoms with Crippen LogP contribution >= 0.6 is 25.3 Å². The van der Waals surface area contributed by atoms with Gasteiger partial charge in [0.2, 0.25) is 5.91 Å². The summed E-state index contributed by atoms with van der Waals surface area (Å²) in [5.74, 6) is 1.80. The standard InChI is InChI=1S/C18H20N2O2S2/c21-18(7-8-23)20-19-11-14-3-2-6-17(10-14)22-12-15-4-1-5-16(9-15)13-24/h1-6,9-11,23-24H,7-8,12-13H2,(H,20,21)/b19-11+. The molecule has 2 aromatic carbocycles. The maximum atomic E-state index is 11.3. The summed E-state index contributed by atoms with van der Waals surface area (Å²) in [6.07, 6.45) is 1.93. The second kappa shape index (κ2) is 10.1. The first kappa shape index (κ1) is 18.4. The Morgan fingerprint density at radius 3 is 2.71 bits per heavy atom. The summed E-state index contributed by atoms with van der Waals surface area (Å²) in [7, 11) is 0. The van der Waals surface area contributed by atoms with Crippen molar-refractivity contribution >= 4 is 37.4 Å². The van der Waals surface area contributed by atoms with E-state index in [9.17, 15) is 4.79 Å². The third kappa shape index (κ3) is 6.29. The first-order valence-electron chi connectivity index (χ1n) is 7.55. The zero-order valence-corrected chi connectivity index (χ0v) is 15.0. The van der Waals surface area contributed by atoms with Gasteiger partial charge in [-0.25, -0.2) is 5.43 Å². The van der Waals surface area contributed by atoms with E-state index in [1.807, 2.05) is 42.5 Å². The lowest BCUT2D eigenvalue weighted by atomic mass is 10.1. The molecular weight excluding hydrogens is 340 g/mol. The van der Waals surface area contributed by atoms with Crippen molar-refractivity contribution in [3.63, 3.8) is 0 Å². The fraction of sp³-hybridized carbons (Fsp3) is 0.222. The molecule has 1 amide bonds. The third-order valence-electron chi connectivity index (χ3n) is 3.18. The number of carbonyl (C=O) groups excluding carboxylic acids is 1. The van der Waals surface area contributed by atoms with Gasteiger partial charge in [-0.1, -0.05) is 36.4 Å². The van der Waals surface area contributed by atoms with Gasteiger partial charge < -0.3 is 4.74 Å². The smallest absolute Gasteiger partial charge is 0.240 e. The summed E-state index contributed by atoms with van der Waals surface area (Å²) in [4.78, 5) is 11.3. The first-order chi connectivity index (χ1) is 11.7. The van der Waals surface area contributed by atoms with E-state index in [0.717, 1.165) is 22.4 Å². The number of thiol groups is 2. The molecule has 0 radical (unpaired) electrons. The average Bonchev–Trinajstić information content (AvgIpc) is 2.61. The molecular formula is C18H20N2O2S2. The second-order valence-electron chi connectivity index (χ2n) is 5.11. The van der Waals surface area contributed by atoms with E-state index in [1.54, 1.807) is 6.21 Å². The monoisotopic (exact) mass is 360 g/mol. The predicted octanol–water partition coefficient (Wildman–Crippen LogP) is 3.47. The minimum absolute atomic E-state index is 0.155. The molecule has 2 aromatic rings. The van der Waals surface area contributed by atoms with Crippen LogP contribution in [0, 0.1) is 0 Å². The van der Waals surface area contributed by atoms with Crippen LogP contribution in [0.2, 0.25) is 0 Å². The second-order valence-corrected chi connectivity index (χ2v) is 5.87. The van der Waals surface area contributed by atoms with Gasteiger partial charge in [0.15, 0.2) is 0 Å². The van der Waals surface area contributed by atoms with Crippen LogP contribution in [0.4, 0.5) is 0 Å². The van der Waals surface area contributed by atoms with E-state index in [1.165, 1.54) is 0 Å². The Kier molecular flexibility index (Phi) is 7.71. The van der Waals surface area contributed by atoms with Crippen LogP contribution in [-0.2, 0) is 17.2 Å². The minimum Gasteiger partial charge on any atom is -0.489 e. The van der Waals surface area contributed by atoms with Gasteiger partial charge in [0, 0.05) is 12.2 Å². The van der Waals surface area contributed by atoms with Gasteiger partial charge in [0.25, 0.3) is 0 Å². The number of nitrogens with one attached hydrogen (secondary N) is 1. The Hall–Kier alpha value is -1.92. The van der Waals surface area contributed by atoms with Gasteiger partial charge in [0.1, 0.15) is 12.4 Å². The molecule has 0 aliphatic heterocycles. The number of hydrazone groups is 1. The summed E-state index contributed by atoms with van der Waals surface area (Å²) in [5, 5.41) is 3.92. The Labute approximate surface area is 153 Å². The van der Waals surface area contributed by atoms with Gasteiger partial charge in [-0.15, -0.1) is 0 Å². The van der Waals surface area contributed by atoms with Gasteiger partial charge in [0.05, 0.1) is 6.21 Å². The fourth-order valence-corrected chi connectivity index (χ4v) is 2.41. The van der Waals surface area contributed by atoms with E-state index in [4.69, 9.17) is 4.74 Å². The molecule has 4 nitrogen and oxygen atoms in total. The van der Waals surface area contributed by atoms with E-state index in [0.29, 0.717) is 24.5 Å². The van der Waals surface area contributed by atoms with Crippen LogP contribution in [0.3, 0.4) is 0 Å². The molecule has 0 fully saturated rings. The number of carbonyl (C=O) groups is 1. The van der Waals surface area contributed by atoms with Gasteiger partial charge in [-0.2, -0.15) is 30.4 Å². The molecule has 0 spiro atoms. The third-order valence-corrected chi connectivity index (χ3v) is 3.77. The van der Waals surface area contributed by atoms with E-state index in [-0.39, 0.29) is 5.91 Å². The number of rotatable bonds is 8. The van der Waals surface area contributed by atoms with Gasteiger partial charge in [-0.05, 0) is 34.6 Å². The highest BCUT2D eigenvalue weighted by Crippen LogP contribution is 2.15. The largest absolute Gasteiger partial charge is 0.489 e. The highest BCUT2D eigenvalue weighted by atomic mass is 32.1. The van der Waals surface area contributed by atoms with Crippen LogP contribution in [0.25, 0.3) is 0 Å². The van der Waals surface area contributed by atoms with Crippen LogP contribution in [-0.4, -0.2) is 17.9 Å². The molecule has 0 aliphatic carbocycles. The van der Waals surface area contributed by atoms with Crippen LogP contribution in [0.15, 0.2) is 53.6 Å². The molecule has 0 atom stereocenters. The molecule has 0 saturated heterocycles.